The summed E-state index contributed by atoms with van der Waals surface area (Å²) in [4.78, 5) is 36.4. The Morgan fingerprint density at radius 3 is 2.28 bits per heavy atom. The number of anilines is 1. The summed E-state index contributed by atoms with van der Waals surface area (Å²) in [5, 5.41) is 7.19. The van der Waals surface area contributed by atoms with Crippen LogP contribution < -0.4 is 10.1 Å². The molecule has 166 valence electrons. The van der Waals surface area contributed by atoms with Crippen LogP contribution in [0.3, 0.4) is 0 Å². The molecule has 1 aromatic heterocycles. The molecule has 0 saturated heterocycles. The average molecular weight is 523 g/mol. The lowest BCUT2D eigenvalue weighted by Gasteiger charge is -2.09. The first-order valence-electron chi connectivity index (χ1n) is 9.05. The molecular weight excluding hydrogens is 506 g/mol. The first kappa shape index (κ1) is 23.3. The zero-order valence-electron chi connectivity index (χ0n) is 16.9. The predicted octanol–water partition coefficient (Wildman–Crippen LogP) is 4.16. The highest BCUT2D eigenvalue weighted by Crippen LogP contribution is 2.28. The van der Waals surface area contributed by atoms with Gasteiger partial charge in [0.2, 0.25) is 0 Å². The van der Waals surface area contributed by atoms with E-state index < -0.39 is 17.8 Å². The Hall–Kier alpha value is -3.37. The first-order chi connectivity index (χ1) is 15.3. The van der Waals surface area contributed by atoms with Crippen LogP contribution in [0.1, 0.15) is 31.2 Å². The van der Waals surface area contributed by atoms with Gasteiger partial charge in [-0.3, -0.25) is 4.79 Å². The summed E-state index contributed by atoms with van der Waals surface area (Å²) in [5.41, 5.74) is 0.455. The number of carbonyl (C=O) groups is 3. The third-order valence-corrected chi connectivity index (χ3v) is 4.94. The van der Waals surface area contributed by atoms with E-state index in [1.807, 2.05) is 0 Å². The SMILES string of the molecule is COC(=O)c1cc(NC(=O)c2ccn(COc3ccc(Br)cc3Cl)n2)cc(C(=O)OC)c1. The number of ether oxygens (including phenoxy) is 3. The van der Waals surface area contributed by atoms with E-state index in [2.05, 4.69) is 35.8 Å². The highest BCUT2D eigenvalue weighted by atomic mass is 79.9. The number of halogens is 2. The molecule has 32 heavy (non-hydrogen) atoms. The highest BCUT2D eigenvalue weighted by Gasteiger charge is 2.16. The minimum absolute atomic E-state index is 0.0267. The molecule has 0 spiro atoms. The van der Waals surface area contributed by atoms with E-state index in [1.54, 1.807) is 24.4 Å². The second-order valence-corrected chi connectivity index (χ2v) is 7.65. The minimum Gasteiger partial charge on any atom is -0.470 e. The lowest BCUT2D eigenvalue weighted by molar-refractivity contribution is 0.0599. The van der Waals surface area contributed by atoms with Gasteiger partial charge < -0.3 is 19.5 Å². The van der Waals surface area contributed by atoms with Gasteiger partial charge in [0, 0.05) is 16.4 Å². The summed E-state index contributed by atoms with van der Waals surface area (Å²) in [6, 6.07) is 10.8. The summed E-state index contributed by atoms with van der Waals surface area (Å²) in [7, 11) is 2.42. The third-order valence-electron chi connectivity index (χ3n) is 4.15. The van der Waals surface area contributed by atoms with Gasteiger partial charge in [0.15, 0.2) is 12.4 Å². The quantitative estimate of drug-likeness (QED) is 0.464. The van der Waals surface area contributed by atoms with Crippen LogP contribution >= 0.6 is 27.5 Å². The van der Waals surface area contributed by atoms with E-state index in [9.17, 15) is 14.4 Å². The molecule has 2 aromatic carbocycles. The van der Waals surface area contributed by atoms with Crippen LogP contribution in [0.2, 0.25) is 5.02 Å². The van der Waals surface area contributed by atoms with Crippen molar-refractivity contribution in [3.63, 3.8) is 0 Å². The lowest BCUT2D eigenvalue weighted by Crippen LogP contribution is -2.16. The van der Waals surface area contributed by atoms with Crippen LogP contribution in [-0.2, 0) is 16.2 Å². The van der Waals surface area contributed by atoms with Crippen molar-refractivity contribution in [2.45, 2.75) is 6.73 Å². The number of nitrogens with one attached hydrogen (secondary N) is 1. The van der Waals surface area contributed by atoms with Gasteiger partial charge in [-0.2, -0.15) is 5.10 Å². The van der Waals surface area contributed by atoms with E-state index in [-0.39, 0.29) is 29.2 Å². The number of carbonyl (C=O) groups excluding carboxylic acids is 3. The number of esters is 2. The Balaban J connectivity index is 1.73. The van der Waals surface area contributed by atoms with E-state index in [0.29, 0.717) is 10.8 Å². The summed E-state index contributed by atoms with van der Waals surface area (Å²) in [6.45, 7) is 0.0267. The predicted molar refractivity (Wildman–Crippen MR) is 119 cm³/mol. The Bertz CT molecular complexity index is 1150. The number of rotatable bonds is 7. The summed E-state index contributed by atoms with van der Waals surface area (Å²) in [5.74, 6) is -1.42. The molecule has 3 rings (SSSR count). The lowest BCUT2D eigenvalue weighted by atomic mass is 10.1. The Kier molecular flexibility index (Phi) is 7.49. The number of aromatic nitrogens is 2. The van der Waals surface area contributed by atoms with Crippen LogP contribution in [-0.4, -0.2) is 41.8 Å². The van der Waals surface area contributed by atoms with Crippen molar-refractivity contribution < 1.29 is 28.6 Å². The fourth-order valence-corrected chi connectivity index (χ4v) is 3.38. The normalized spacial score (nSPS) is 10.4. The number of hydrogen-bond acceptors (Lipinski definition) is 7. The molecule has 1 amide bonds. The van der Waals surface area contributed by atoms with E-state index >= 15 is 0 Å². The second-order valence-electron chi connectivity index (χ2n) is 6.32. The molecule has 0 unspecified atom stereocenters. The minimum atomic E-state index is -0.667. The van der Waals surface area contributed by atoms with E-state index in [0.717, 1.165) is 4.47 Å². The highest BCUT2D eigenvalue weighted by molar-refractivity contribution is 9.10. The molecule has 0 radical (unpaired) electrons. The van der Waals surface area contributed by atoms with Gasteiger partial charge in [-0.05, 0) is 42.5 Å². The smallest absolute Gasteiger partial charge is 0.337 e. The van der Waals surface area contributed by atoms with Crippen molar-refractivity contribution >= 4 is 51.1 Å². The Morgan fingerprint density at radius 1 is 1.03 bits per heavy atom. The van der Waals surface area contributed by atoms with Gasteiger partial charge in [-0.1, -0.05) is 27.5 Å². The summed E-state index contributed by atoms with van der Waals surface area (Å²) < 4.78 is 17.2. The van der Waals surface area contributed by atoms with Crippen molar-refractivity contribution in [1.29, 1.82) is 0 Å². The zero-order chi connectivity index (χ0) is 23.3. The fraction of sp³-hybridized carbons (Fsp3) is 0.143. The molecule has 0 atom stereocenters. The van der Waals surface area contributed by atoms with E-state index in [4.69, 9.17) is 16.3 Å². The molecule has 9 nitrogen and oxygen atoms in total. The standard InChI is InChI=1S/C21H17BrClN3O6/c1-30-20(28)12-7-13(21(29)31-2)9-15(8-12)24-19(27)17-5-6-26(25-17)11-32-18-4-3-14(22)10-16(18)23/h3-10H,11H2,1-2H3,(H,24,27). The fourth-order valence-electron chi connectivity index (χ4n) is 2.65. The molecule has 0 saturated carbocycles. The van der Waals surface area contributed by atoms with Crippen molar-refractivity contribution in [2.24, 2.45) is 0 Å². The van der Waals surface area contributed by atoms with Crippen molar-refractivity contribution in [2.75, 3.05) is 19.5 Å². The van der Waals surface area contributed by atoms with Gasteiger partial charge in [-0.15, -0.1) is 0 Å². The van der Waals surface area contributed by atoms with Crippen LogP contribution in [0.5, 0.6) is 5.75 Å². The Labute approximate surface area is 196 Å². The van der Waals surface area contributed by atoms with Gasteiger partial charge in [-0.25, -0.2) is 14.3 Å². The largest absolute Gasteiger partial charge is 0.470 e. The number of nitrogens with zero attached hydrogens (tertiary/aromatic N) is 2. The monoisotopic (exact) mass is 521 g/mol. The van der Waals surface area contributed by atoms with Gasteiger partial charge in [0.1, 0.15) is 5.75 Å². The van der Waals surface area contributed by atoms with Crippen molar-refractivity contribution in [1.82, 2.24) is 9.78 Å². The number of amides is 1. The van der Waals surface area contributed by atoms with Gasteiger partial charge in [0.05, 0.1) is 30.4 Å². The molecule has 0 fully saturated rings. The number of hydrogen-bond donors (Lipinski definition) is 1. The van der Waals surface area contributed by atoms with Crippen LogP contribution in [0.4, 0.5) is 5.69 Å². The molecule has 11 heteroatoms. The van der Waals surface area contributed by atoms with Gasteiger partial charge >= 0.3 is 11.9 Å². The van der Waals surface area contributed by atoms with Gasteiger partial charge in [0.25, 0.3) is 5.91 Å². The molecule has 3 aromatic rings. The molecular formula is C21H17BrClN3O6. The molecule has 1 heterocycles. The van der Waals surface area contributed by atoms with Crippen LogP contribution in [0.15, 0.2) is 53.1 Å². The first-order valence-corrected chi connectivity index (χ1v) is 10.2. The zero-order valence-corrected chi connectivity index (χ0v) is 19.3. The maximum Gasteiger partial charge on any atom is 0.337 e. The second kappa shape index (κ2) is 10.3. The molecule has 0 aliphatic rings. The number of methoxy groups -OCH3 is 2. The summed E-state index contributed by atoms with van der Waals surface area (Å²) >= 11 is 9.44. The van der Waals surface area contributed by atoms with Crippen molar-refractivity contribution in [3.05, 3.63) is 75.0 Å². The van der Waals surface area contributed by atoms with Crippen LogP contribution in [0.25, 0.3) is 0 Å². The van der Waals surface area contributed by atoms with Crippen LogP contribution in [0, 0.1) is 0 Å². The van der Waals surface area contributed by atoms with Crippen molar-refractivity contribution in [3.8, 4) is 5.75 Å². The third kappa shape index (κ3) is 5.65. The average Bonchev–Trinajstić information content (AvgIpc) is 3.26. The number of benzene rings is 2. The Morgan fingerprint density at radius 2 is 1.69 bits per heavy atom. The topological polar surface area (TPSA) is 109 Å². The maximum atomic E-state index is 12.6. The molecule has 1 N–H and O–H groups in total. The maximum absolute atomic E-state index is 12.6. The molecule has 0 bridgehead atoms. The molecule has 0 aliphatic carbocycles. The van der Waals surface area contributed by atoms with E-state index in [1.165, 1.54) is 43.2 Å². The summed E-state index contributed by atoms with van der Waals surface area (Å²) in [6.07, 6.45) is 1.56. The molecule has 0 aliphatic heterocycles.